The van der Waals surface area contributed by atoms with Crippen LogP contribution in [0.1, 0.15) is 31.4 Å². The van der Waals surface area contributed by atoms with E-state index >= 15 is 0 Å². The van der Waals surface area contributed by atoms with Crippen LogP contribution < -0.4 is 10.6 Å². The van der Waals surface area contributed by atoms with Crippen LogP contribution in [0.2, 0.25) is 0 Å². The van der Waals surface area contributed by atoms with Gasteiger partial charge in [0.05, 0.1) is 17.6 Å². The van der Waals surface area contributed by atoms with Crippen molar-refractivity contribution in [3.63, 3.8) is 0 Å². The number of aromatic nitrogens is 2. The van der Waals surface area contributed by atoms with Gasteiger partial charge in [0.2, 0.25) is 5.91 Å². The van der Waals surface area contributed by atoms with Crippen LogP contribution in [0.15, 0.2) is 6.20 Å². The second-order valence-corrected chi connectivity index (χ2v) is 3.92. The Balaban J connectivity index is 2.12. The Bertz CT molecular complexity index is 341. The summed E-state index contributed by atoms with van der Waals surface area (Å²) in [5, 5.41) is 13.1. The molecule has 0 bridgehead atoms. The van der Waals surface area contributed by atoms with Crippen molar-refractivity contribution in [3.05, 3.63) is 11.9 Å². The molecule has 0 radical (unpaired) electrons. The van der Waals surface area contributed by atoms with E-state index in [1.54, 1.807) is 6.20 Å². The smallest absolute Gasteiger partial charge is 0.221 e. The Labute approximate surface area is 88.6 Å². The fourth-order valence-corrected chi connectivity index (χ4v) is 1.99. The molecule has 1 aromatic rings. The average molecular weight is 208 g/mol. The van der Waals surface area contributed by atoms with Gasteiger partial charge in [0.1, 0.15) is 0 Å². The first kappa shape index (κ1) is 10.2. The number of aromatic amines is 1. The standard InChI is InChI=1S/C10H16N4O/c1-7(15)13-9-6-12-14-10(9)8-3-2-4-11-5-8/h6,8,11H,2-5H2,1H3,(H,12,14)(H,13,15). The van der Waals surface area contributed by atoms with Gasteiger partial charge >= 0.3 is 0 Å². The molecule has 1 fully saturated rings. The van der Waals surface area contributed by atoms with Crippen molar-refractivity contribution in [3.8, 4) is 0 Å². The van der Waals surface area contributed by atoms with E-state index in [1.165, 1.54) is 13.3 Å². The van der Waals surface area contributed by atoms with Gasteiger partial charge in [0.15, 0.2) is 0 Å². The zero-order chi connectivity index (χ0) is 10.7. The molecule has 0 aromatic carbocycles. The maximum atomic E-state index is 11.0. The molecule has 15 heavy (non-hydrogen) atoms. The molecule has 3 N–H and O–H groups in total. The SMILES string of the molecule is CC(=O)Nc1cn[nH]c1C1CCCNC1. The molecule has 1 saturated heterocycles. The van der Waals surface area contributed by atoms with Crippen molar-refractivity contribution < 1.29 is 4.79 Å². The molecule has 2 rings (SSSR count). The molecule has 1 amide bonds. The van der Waals surface area contributed by atoms with E-state index in [0.29, 0.717) is 5.92 Å². The number of H-pyrrole nitrogens is 1. The summed E-state index contributed by atoms with van der Waals surface area (Å²) < 4.78 is 0. The second-order valence-electron chi connectivity index (χ2n) is 3.92. The highest BCUT2D eigenvalue weighted by Crippen LogP contribution is 2.27. The summed E-state index contributed by atoms with van der Waals surface area (Å²) in [5.74, 6) is 0.379. The molecular formula is C10H16N4O. The third kappa shape index (κ3) is 2.36. The minimum absolute atomic E-state index is 0.0542. The molecular weight excluding hydrogens is 192 g/mol. The quantitative estimate of drug-likeness (QED) is 0.674. The van der Waals surface area contributed by atoms with Crippen LogP contribution >= 0.6 is 0 Å². The maximum absolute atomic E-state index is 11.0. The van der Waals surface area contributed by atoms with Crippen molar-refractivity contribution in [1.29, 1.82) is 0 Å². The Kier molecular flexibility index (Phi) is 3.01. The van der Waals surface area contributed by atoms with Gasteiger partial charge < -0.3 is 10.6 Å². The van der Waals surface area contributed by atoms with Crippen LogP contribution in [0.4, 0.5) is 5.69 Å². The van der Waals surface area contributed by atoms with Crippen LogP contribution in [-0.2, 0) is 4.79 Å². The van der Waals surface area contributed by atoms with E-state index in [9.17, 15) is 4.79 Å². The first-order valence-electron chi connectivity index (χ1n) is 5.29. The average Bonchev–Trinajstić information content (AvgIpc) is 2.66. The van der Waals surface area contributed by atoms with Gasteiger partial charge in [-0.3, -0.25) is 9.89 Å². The topological polar surface area (TPSA) is 69.8 Å². The summed E-state index contributed by atoms with van der Waals surface area (Å²) in [7, 11) is 0. The van der Waals surface area contributed by atoms with E-state index in [0.717, 1.165) is 30.9 Å². The Hall–Kier alpha value is -1.36. The highest BCUT2D eigenvalue weighted by molar-refractivity contribution is 5.89. The van der Waals surface area contributed by atoms with E-state index < -0.39 is 0 Å². The number of amides is 1. The van der Waals surface area contributed by atoms with Crippen LogP contribution in [-0.4, -0.2) is 29.2 Å². The van der Waals surface area contributed by atoms with Crippen LogP contribution in [0.5, 0.6) is 0 Å². The Morgan fingerprint density at radius 1 is 1.67 bits per heavy atom. The van der Waals surface area contributed by atoms with Crippen molar-refractivity contribution in [1.82, 2.24) is 15.5 Å². The number of piperidine rings is 1. The van der Waals surface area contributed by atoms with E-state index in [4.69, 9.17) is 0 Å². The molecule has 82 valence electrons. The van der Waals surface area contributed by atoms with Gasteiger partial charge in [-0.05, 0) is 19.4 Å². The lowest BCUT2D eigenvalue weighted by atomic mass is 9.95. The van der Waals surface area contributed by atoms with Gasteiger partial charge in [-0.15, -0.1) is 0 Å². The first-order valence-corrected chi connectivity index (χ1v) is 5.29. The van der Waals surface area contributed by atoms with Gasteiger partial charge in [-0.1, -0.05) is 0 Å². The predicted octanol–water partition coefficient (Wildman–Crippen LogP) is 0.835. The molecule has 5 nitrogen and oxygen atoms in total. The molecule has 0 saturated carbocycles. The van der Waals surface area contributed by atoms with E-state index in [2.05, 4.69) is 20.8 Å². The minimum Gasteiger partial charge on any atom is -0.323 e. The molecule has 1 aliphatic rings. The fourth-order valence-electron chi connectivity index (χ4n) is 1.99. The Morgan fingerprint density at radius 3 is 3.20 bits per heavy atom. The third-order valence-corrected chi connectivity index (χ3v) is 2.68. The summed E-state index contributed by atoms with van der Waals surface area (Å²) in [4.78, 5) is 11.0. The largest absolute Gasteiger partial charge is 0.323 e. The third-order valence-electron chi connectivity index (χ3n) is 2.68. The minimum atomic E-state index is -0.0542. The number of nitrogens with one attached hydrogen (secondary N) is 3. The fraction of sp³-hybridized carbons (Fsp3) is 0.600. The number of rotatable bonds is 2. The number of hydrogen-bond acceptors (Lipinski definition) is 3. The Morgan fingerprint density at radius 2 is 2.53 bits per heavy atom. The summed E-state index contributed by atoms with van der Waals surface area (Å²) in [6, 6.07) is 0. The van der Waals surface area contributed by atoms with Gasteiger partial charge in [0.25, 0.3) is 0 Å². The number of anilines is 1. The zero-order valence-electron chi connectivity index (χ0n) is 8.84. The molecule has 1 aliphatic heterocycles. The molecule has 0 aliphatic carbocycles. The van der Waals surface area contributed by atoms with Gasteiger partial charge in [0, 0.05) is 19.4 Å². The summed E-state index contributed by atoms with van der Waals surface area (Å²) in [6.45, 7) is 3.55. The molecule has 0 spiro atoms. The van der Waals surface area contributed by atoms with Crippen molar-refractivity contribution in [2.24, 2.45) is 0 Å². The number of carbonyl (C=O) groups is 1. The lowest BCUT2D eigenvalue weighted by Crippen LogP contribution is -2.29. The second kappa shape index (κ2) is 4.44. The summed E-state index contributed by atoms with van der Waals surface area (Å²) >= 11 is 0. The van der Waals surface area contributed by atoms with Crippen LogP contribution in [0.3, 0.4) is 0 Å². The normalized spacial score (nSPS) is 21.3. The number of nitrogens with zero attached hydrogens (tertiary/aromatic N) is 1. The van der Waals surface area contributed by atoms with Crippen LogP contribution in [0, 0.1) is 0 Å². The predicted molar refractivity (Wildman–Crippen MR) is 57.7 cm³/mol. The summed E-state index contributed by atoms with van der Waals surface area (Å²) in [6.07, 6.45) is 3.98. The lowest BCUT2D eigenvalue weighted by Gasteiger charge is -2.22. The highest BCUT2D eigenvalue weighted by atomic mass is 16.1. The molecule has 1 unspecified atom stereocenters. The zero-order valence-corrected chi connectivity index (χ0v) is 8.84. The lowest BCUT2D eigenvalue weighted by molar-refractivity contribution is -0.114. The maximum Gasteiger partial charge on any atom is 0.221 e. The van der Waals surface area contributed by atoms with Crippen LogP contribution in [0.25, 0.3) is 0 Å². The monoisotopic (exact) mass is 208 g/mol. The van der Waals surface area contributed by atoms with Crippen molar-refractivity contribution in [2.75, 3.05) is 18.4 Å². The highest BCUT2D eigenvalue weighted by Gasteiger charge is 2.20. The number of hydrogen-bond donors (Lipinski definition) is 3. The molecule has 5 heteroatoms. The van der Waals surface area contributed by atoms with Crippen molar-refractivity contribution in [2.45, 2.75) is 25.7 Å². The molecule has 2 heterocycles. The van der Waals surface area contributed by atoms with Gasteiger partial charge in [-0.2, -0.15) is 5.10 Å². The van der Waals surface area contributed by atoms with E-state index in [-0.39, 0.29) is 5.91 Å². The molecule has 1 atom stereocenters. The summed E-state index contributed by atoms with van der Waals surface area (Å²) in [5.41, 5.74) is 1.86. The first-order chi connectivity index (χ1) is 7.27. The number of carbonyl (C=O) groups excluding carboxylic acids is 1. The van der Waals surface area contributed by atoms with Crippen molar-refractivity contribution >= 4 is 11.6 Å². The van der Waals surface area contributed by atoms with Gasteiger partial charge in [-0.25, -0.2) is 0 Å². The molecule has 1 aromatic heterocycles. The van der Waals surface area contributed by atoms with E-state index in [1.807, 2.05) is 0 Å².